The van der Waals surface area contributed by atoms with E-state index in [0.29, 0.717) is 12.1 Å². The van der Waals surface area contributed by atoms with Crippen LogP contribution in [0.1, 0.15) is 71.9 Å². The number of fused-ring (bicyclic) bond motifs is 1. The molecule has 0 bridgehead atoms. The van der Waals surface area contributed by atoms with Gasteiger partial charge in [-0.05, 0) is 39.2 Å². The second-order valence-electron chi connectivity index (χ2n) is 7.55. The number of hydrogen-bond donors (Lipinski definition) is 1. The normalized spacial score (nSPS) is 21.7. The molecule has 2 heteroatoms. The number of benzene rings is 1. The minimum Gasteiger partial charge on any atom is -0.487 e. The molecule has 2 atom stereocenters. The van der Waals surface area contributed by atoms with Crippen molar-refractivity contribution < 1.29 is 4.74 Å². The minimum atomic E-state index is -0.0936. The highest BCUT2D eigenvalue weighted by Gasteiger charge is 2.33. The predicted molar refractivity (Wildman–Crippen MR) is 89.8 cm³/mol. The largest absolute Gasteiger partial charge is 0.487 e. The lowest BCUT2D eigenvalue weighted by atomic mass is 9.89. The topological polar surface area (TPSA) is 21.3 Å². The summed E-state index contributed by atoms with van der Waals surface area (Å²) in [5, 5.41) is 3.82. The van der Waals surface area contributed by atoms with E-state index in [4.69, 9.17) is 4.74 Å². The summed E-state index contributed by atoms with van der Waals surface area (Å²) in [6.07, 6.45) is 4.90. The molecule has 0 saturated heterocycles. The fourth-order valence-electron chi connectivity index (χ4n) is 3.21. The first kappa shape index (κ1) is 16.4. The van der Waals surface area contributed by atoms with E-state index in [2.05, 4.69) is 64.2 Å². The van der Waals surface area contributed by atoms with Crippen molar-refractivity contribution in [2.24, 2.45) is 5.92 Å². The SMILES string of the molecule is CC(C)CCCC(C)NC1CC(C)(C)Oc2ccccc21. The summed E-state index contributed by atoms with van der Waals surface area (Å²) >= 11 is 0. The summed E-state index contributed by atoms with van der Waals surface area (Å²) < 4.78 is 6.10. The fourth-order valence-corrected chi connectivity index (χ4v) is 3.21. The molecule has 1 aliphatic heterocycles. The summed E-state index contributed by atoms with van der Waals surface area (Å²) in [4.78, 5) is 0. The molecular weight excluding hydrogens is 258 g/mol. The molecular formula is C19H31NO. The lowest BCUT2D eigenvalue weighted by molar-refractivity contribution is 0.0638. The number of hydrogen-bond acceptors (Lipinski definition) is 2. The van der Waals surface area contributed by atoms with Crippen LogP contribution in [0.4, 0.5) is 0 Å². The van der Waals surface area contributed by atoms with Gasteiger partial charge in [-0.3, -0.25) is 0 Å². The summed E-state index contributed by atoms with van der Waals surface area (Å²) in [7, 11) is 0. The van der Waals surface area contributed by atoms with E-state index in [1.807, 2.05) is 0 Å². The van der Waals surface area contributed by atoms with Crippen LogP contribution in [0.2, 0.25) is 0 Å². The van der Waals surface area contributed by atoms with Gasteiger partial charge in [0.2, 0.25) is 0 Å². The van der Waals surface area contributed by atoms with E-state index in [9.17, 15) is 0 Å². The Morgan fingerprint density at radius 1 is 1.19 bits per heavy atom. The van der Waals surface area contributed by atoms with Crippen LogP contribution in [-0.2, 0) is 0 Å². The highest BCUT2D eigenvalue weighted by atomic mass is 16.5. The van der Waals surface area contributed by atoms with Gasteiger partial charge < -0.3 is 10.1 Å². The van der Waals surface area contributed by atoms with Crippen LogP contribution < -0.4 is 10.1 Å². The van der Waals surface area contributed by atoms with Crippen molar-refractivity contribution in [2.75, 3.05) is 0 Å². The summed E-state index contributed by atoms with van der Waals surface area (Å²) in [5.74, 6) is 1.85. The zero-order chi connectivity index (χ0) is 15.5. The first-order valence-electron chi connectivity index (χ1n) is 8.41. The van der Waals surface area contributed by atoms with E-state index < -0.39 is 0 Å². The molecule has 1 heterocycles. The van der Waals surface area contributed by atoms with Gasteiger partial charge in [-0.15, -0.1) is 0 Å². The van der Waals surface area contributed by atoms with Gasteiger partial charge in [0.15, 0.2) is 0 Å². The van der Waals surface area contributed by atoms with E-state index in [1.165, 1.54) is 24.8 Å². The van der Waals surface area contributed by atoms with Crippen molar-refractivity contribution in [1.82, 2.24) is 5.32 Å². The second-order valence-corrected chi connectivity index (χ2v) is 7.55. The van der Waals surface area contributed by atoms with Crippen LogP contribution in [0.5, 0.6) is 5.75 Å². The van der Waals surface area contributed by atoms with Crippen LogP contribution >= 0.6 is 0 Å². The molecule has 1 aromatic rings. The van der Waals surface area contributed by atoms with Crippen molar-refractivity contribution >= 4 is 0 Å². The third kappa shape index (κ3) is 4.74. The molecule has 1 N–H and O–H groups in total. The number of nitrogens with one attached hydrogen (secondary N) is 1. The van der Waals surface area contributed by atoms with Crippen LogP contribution in [0.25, 0.3) is 0 Å². The first-order valence-corrected chi connectivity index (χ1v) is 8.41. The molecule has 118 valence electrons. The molecule has 2 rings (SSSR count). The molecule has 0 aromatic heterocycles. The molecule has 0 amide bonds. The van der Waals surface area contributed by atoms with Crippen LogP contribution in [0.3, 0.4) is 0 Å². The van der Waals surface area contributed by atoms with Gasteiger partial charge in [-0.2, -0.15) is 0 Å². The van der Waals surface area contributed by atoms with Crippen molar-refractivity contribution in [3.63, 3.8) is 0 Å². The molecule has 0 radical (unpaired) electrons. The van der Waals surface area contributed by atoms with E-state index in [-0.39, 0.29) is 5.60 Å². The minimum absolute atomic E-state index is 0.0936. The maximum Gasteiger partial charge on any atom is 0.124 e. The Balaban J connectivity index is 1.99. The zero-order valence-corrected chi connectivity index (χ0v) is 14.3. The van der Waals surface area contributed by atoms with E-state index >= 15 is 0 Å². The maximum atomic E-state index is 6.10. The Labute approximate surface area is 130 Å². The Kier molecular flexibility index (Phi) is 5.32. The molecule has 1 aromatic carbocycles. The average molecular weight is 289 g/mol. The molecule has 2 nitrogen and oxygen atoms in total. The number of rotatable bonds is 6. The number of ether oxygens (including phenoxy) is 1. The highest BCUT2D eigenvalue weighted by molar-refractivity contribution is 5.38. The Bertz CT molecular complexity index is 453. The fraction of sp³-hybridized carbons (Fsp3) is 0.684. The van der Waals surface area contributed by atoms with Gasteiger partial charge >= 0.3 is 0 Å². The molecule has 0 saturated carbocycles. The van der Waals surface area contributed by atoms with Crippen LogP contribution in [0, 0.1) is 5.92 Å². The van der Waals surface area contributed by atoms with Crippen LogP contribution in [-0.4, -0.2) is 11.6 Å². The van der Waals surface area contributed by atoms with Gasteiger partial charge in [0.1, 0.15) is 11.4 Å². The standard InChI is InChI=1S/C19H31NO/c1-14(2)9-8-10-15(3)20-17-13-19(4,5)21-18-12-7-6-11-16(17)18/h6-7,11-12,14-15,17,20H,8-10,13H2,1-5H3. The second kappa shape index (κ2) is 6.83. The maximum absolute atomic E-state index is 6.10. The molecule has 2 unspecified atom stereocenters. The van der Waals surface area contributed by atoms with Crippen molar-refractivity contribution in [1.29, 1.82) is 0 Å². The Hall–Kier alpha value is -1.02. The van der Waals surface area contributed by atoms with Crippen molar-refractivity contribution in [2.45, 2.75) is 78.0 Å². The van der Waals surface area contributed by atoms with Gasteiger partial charge in [0.25, 0.3) is 0 Å². The molecule has 1 aliphatic rings. The van der Waals surface area contributed by atoms with Gasteiger partial charge in [0.05, 0.1) is 0 Å². The van der Waals surface area contributed by atoms with Crippen molar-refractivity contribution in [3.05, 3.63) is 29.8 Å². The third-order valence-corrected chi connectivity index (χ3v) is 4.28. The third-order valence-electron chi connectivity index (χ3n) is 4.28. The zero-order valence-electron chi connectivity index (χ0n) is 14.3. The highest BCUT2D eigenvalue weighted by Crippen LogP contribution is 2.39. The monoisotopic (exact) mass is 289 g/mol. The lowest BCUT2D eigenvalue weighted by Crippen LogP contribution is -2.42. The van der Waals surface area contributed by atoms with Crippen LogP contribution in [0.15, 0.2) is 24.3 Å². The summed E-state index contributed by atoms with van der Waals surface area (Å²) in [5.41, 5.74) is 1.22. The van der Waals surface area contributed by atoms with Gasteiger partial charge in [-0.25, -0.2) is 0 Å². The molecule has 0 fully saturated rings. The first-order chi connectivity index (χ1) is 9.87. The summed E-state index contributed by atoms with van der Waals surface area (Å²) in [6.45, 7) is 11.3. The van der Waals surface area contributed by atoms with Crippen molar-refractivity contribution in [3.8, 4) is 5.75 Å². The molecule has 0 aliphatic carbocycles. The van der Waals surface area contributed by atoms with Gasteiger partial charge in [0, 0.05) is 24.1 Å². The molecule has 0 spiro atoms. The Morgan fingerprint density at radius 3 is 2.62 bits per heavy atom. The number of para-hydroxylation sites is 1. The average Bonchev–Trinajstić information content (AvgIpc) is 2.36. The smallest absolute Gasteiger partial charge is 0.124 e. The molecule has 21 heavy (non-hydrogen) atoms. The van der Waals surface area contributed by atoms with Gasteiger partial charge in [-0.1, -0.05) is 44.9 Å². The van der Waals surface area contributed by atoms with E-state index in [1.54, 1.807) is 0 Å². The quantitative estimate of drug-likeness (QED) is 0.787. The lowest BCUT2D eigenvalue weighted by Gasteiger charge is -2.39. The Morgan fingerprint density at radius 2 is 1.90 bits per heavy atom. The van der Waals surface area contributed by atoms with E-state index in [0.717, 1.165) is 18.1 Å². The summed E-state index contributed by atoms with van der Waals surface area (Å²) in [6, 6.07) is 9.41. The predicted octanol–water partition coefficient (Wildman–Crippen LogP) is 5.09.